The van der Waals surface area contributed by atoms with Gasteiger partial charge in [0.1, 0.15) is 18.5 Å². The van der Waals surface area contributed by atoms with Gasteiger partial charge in [-0.15, -0.1) is 0 Å². The minimum absolute atomic E-state index is 0.0971. The SMILES string of the molecule is CC(C)OCC(O)COc1ccc2ccccc2c1CN. The van der Waals surface area contributed by atoms with E-state index >= 15 is 0 Å². The van der Waals surface area contributed by atoms with Crippen molar-refractivity contribution in [2.75, 3.05) is 13.2 Å². The zero-order chi connectivity index (χ0) is 15.2. The zero-order valence-corrected chi connectivity index (χ0v) is 12.6. The molecule has 1 atom stereocenters. The van der Waals surface area contributed by atoms with E-state index in [0.29, 0.717) is 6.54 Å². The maximum Gasteiger partial charge on any atom is 0.124 e. The summed E-state index contributed by atoms with van der Waals surface area (Å²) in [6, 6.07) is 12.0. The molecule has 0 bridgehead atoms. The Kier molecular flexibility index (Phi) is 5.56. The Morgan fingerprint density at radius 1 is 1.10 bits per heavy atom. The number of nitrogens with two attached hydrogens (primary N) is 1. The van der Waals surface area contributed by atoms with E-state index in [2.05, 4.69) is 0 Å². The third kappa shape index (κ3) is 4.17. The van der Waals surface area contributed by atoms with Crippen LogP contribution in [0.5, 0.6) is 5.75 Å². The van der Waals surface area contributed by atoms with E-state index in [1.54, 1.807) is 0 Å². The van der Waals surface area contributed by atoms with Gasteiger partial charge in [-0.25, -0.2) is 0 Å². The van der Waals surface area contributed by atoms with Crippen molar-refractivity contribution in [3.05, 3.63) is 42.0 Å². The summed E-state index contributed by atoms with van der Waals surface area (Å²) in [6.45, 7) is 4.73. The number of ether oxygens (including phenoxy) is 2. The van der Waals surface area contributed by atoms with Crippen molar-refractivity contribution in [1.29, 1.82) is 0 Å². The number of aliphatic hydroxyl groups is 1. The number of fused-ring (bicyclic) bond motifs is 1. The fraction of sp³-hybridized carbons (Fsp3) is 0.412. The number of benzene rings is 2. The molecule has 4 nitrogen and oxygen atoms in total. The van der Waals surface area contributed by atoms with Crippen LogP contribution < -0.4 is 10.5 Å². The van der Waals surface area contributed by atoms with Gasteiger partial charge in [0.2, 0.25) is 0 Å². The molecule has 0 radical (unpaired) electrons. The summed E-state index contributed by atoms with van der Waals surface area (Å²) in [4.78, 5) is 0. The van der Waals surface area contributed by atoms with Crippen molar-refractivity contribution >= 4 is 10.8 Å². The van der Waals surface area contributed by atoms with Crippen LogP contribution in [0.15, 0.2) is 36.4 Å². The van der Waals surface area contributed by atoms with Gasteiger partial charge in [-0.2, -0.15) is 0 Å². The van der Waals surface area contributed by atoms with E-state index in [4.69, 9.17) is 15.2 Å². The first-order valence-electron chi connectivity index (χ1n) is 7.25. The smallest absolute Gasteiger partial charge is 0.124 e. The topological polar surface area (TPSA) is 64.7 Å². The average molecular weight is 289 g/mol. The Bertz CT molecular complexity index is 583. The van der Waals surface area contributed by atoms with Crippen LogP contribution in [0.2, 0.25) is 0 Å². The lowest BCUT2D eigenvalue weighted by molar-refractivity contribution is -0.0123. The summed E-state index contributed by atoms with van der Waals surface area (Å²) in [5, 5.41) is 12.1. The van der Waals surface area contributed by atoms with Crippen LogP contribution in [0.25, 0.3) is 10.8 Å². The largest absolute Gasteiger partial charge is 0.490 e. The first-order valence-corrected chi connectivity index (χ1v) is 7.25. The van der Waals surface area contributed by atoms with E-state index in [1.807, 2.05) is 50.2 Å². The van der Waals surface area contributed by atoms with Crippen LogP contribution in [-0.2, 0) is 11.3 Å². The highest BCUT2D eigenvalue weighted by molar-refractivity contribution is 5.87. The Morgan fingerprint density at radius 2 is 1.86 bits per heavy atom. The molecule has 0 aromatic heterocycles. The Hall–Kier alpha value is -1.62. The molecule has 4 heteroatoms. The van der Waals surface area contributed by atoms with Gasteiger partial charge in [-0.3, -0.25) is 0 Å². The lowest BCUT2D eigenvalue weighted by Gasteiger charge is -2.17. The highest BCUT2D eigenvalue weighted by Gasteiger charge is 2.11. The molecule has 0 amide bonds. The second-order valence-corrected chi connectivity index (χ2v) is 5.31. The molecule has 0 aliphatic carbocycles. The summed E-state index contributed by atoms with van der Waals surface area (Å²) in [6.07, 6.45) is -0.551. The summed E-state index contributed by atoms with van der Waals surface area (Å²) >= 11 is 0. The van der Waals surface area contributed by atoms with Gasteiger partial charge in [0, 0.05) is 12.1 Å². The first kappa shape index (κ1) is 15.8. The van der Waals surface area contributed by atoms with Crippen molar-refractivity contribution in [3.8, 4) is 5.75 Å². The molecule has 0 aliphatic rings. The molecule has 1 unspecified atom stereocenters. The molecule has 0 heterocycles. The van der Waals surface area contributed by atoms with Crippen LogP contribution in [-0.4, -0.2) is 30.5 Å². The van der Waals surface area contributed by atoms with E-state index in [-0.39, 0.29) is 19.3 Å². The van der Waals surface area contributed by atoms with Crippen LogP contribution in [0.3, 0.4) is 0 Å². The molecule has 0 fully saturated rings. The standard InChI is InChI=1S/C17H23NO3/c1-12(2)20-10-14(19)11-21-17-8-7-13-5-3-4-6-15(13)16(17)9-18/h3-8,12,14,19H,9-11,18H2,1-2H3. The number of aliphatic hydroxyl groups excluding tert-OH is 1. The van der Waals surface area contributed by atoms with Crippen LogP contribution in [0.1, 0.15) is 19.4 Å². The van der Waals surface area contributed by atoms with Gasteiger partial charge in [0.05, 0.1) is 12.7 Å². The summed E-state index contributed by atoms with van der Waals surface area (Å²) in [5.41, 5.74) is 6.82. The van der Waals surface area contributed by atoms with Gasteiger partial charge in [0.15, 0.2) is 0 Å². The predicted octanol–water partition coefficient (Wildman–Crippen LogP) is 2.46. The highest BCUT2D eigenvalue weighted by atomic mass is 16.5. The monoisotopic (exact) mass is 289 g/mol. The second-order valence-electron chi connectivity index (χ2n) is 5.31. The molecule has 0 saturated heterocycles. The zero-order valence-electron chi connectivity index (χ0n) is 12.6. The minimum Gasteiger partial charge on any atom is -0.490 e. The van der Waals surface area contributed by atoms with Crippen molar-refractivity contribution < 1.29 is 14.6 Å². The van der Waals surface area contributed by atoms with Gasteiger partial charge in [0.25, 0.3) is 0 Å². The van der Waals surface area contributed by atoms with Crippen molar-refractivity contribution in [3.63, 3.8) is 0 Å². The van der Waals surface area contributed by atoms with Crippen LogP contribution in [0.4, 0.5) is 0 Å². The molecule has 3 N–H and O–H groups in total. The molecule has 2 rings (SSSR count). The predicted molar refractivity (Wildman–Crippen MR) is 84.4 cm³/mol. The molecule has 21 heavy (non-hydrogen) atoms. The first-order chi connectivity index (χ1) is 10.1. The molecule has 0 spiro atoms. The molecular formula is C17H23NO3. The molecular weight excluding hydrogens is 266 g/mol. The Balaban J connectivity index is 2.08. The maximum atomic E-state index is 9.85. The highest BCUT2D eigenvalue weighted by Crippen LogP contribution is 2.27. The van der Waals surface area contributed by atoms with E-state index in [0.717, 1.165) is 22.1 Å². The van der Waals surface area contributed by atoms with Gasteiger partial charge < -0.3 is 20.3 Å². The number of hydrogen-bond donors (Lipinski definition) is 2. The van der Waals surface area contributed by atoms with Crippen LogP contribution >= 0.6 is 0 Å². The summed E-state index contributed by atoms with van der Waals surface area (Å²) < 4.78 is 11.1. The average Bonchev–Trinajstić information content (AvgIpc) is 2.50. The fourth-order valence-electron chi connectivity index (χ4n) is 2.20. The maximum absolute atomic E-state index is 9.85. The number of rotatable bonds is 7. The number of hydrogen-bond acceptors (Lipinski definition) is 4. The molecule has 114 valence electrons. The fourth-order valence-corrected chi connectivity index (χ4v) is 2.20. The van der Waals surface area contributed by atoms with E-state index < -0.39 is 6.10 Å². The van der Waals surface area contributed by atoms with Gasteiger partial charge in [-0.05, 0) is 30.7 Å². The summed E-state index contributed by atoms with van der Waals surface area (Å²) in [5.74, 6) is 0.722. The Morgan fingerprint density at radius 3 is 2.57 bits per heavy atom. The lowest BCUT2D eigenvalue weighted by atomic mass is 10.0. The van der Waals surface area contributed by atoms with Crippen molar-refractivity contribution in [2.45, 2.75) is 32.6 Å². The molecule has 0 aliphatic heterocycles. The van der Waals surface area contributed by atoms with Crippen molar-refractivity contribution in [2.24, 2.45) is 5.73 Å². The van der Waals surface area contributed by atoms with Gasteiger partial charge in [-0.1, -0.05) is 30.3 Å². The molecule has 0 saturated carbocycles. The van der Waals surface area contributed by atoms with Gasteiger partial charge >= 0.3 is 0 Å². The lowest BCUT2D eigenvalue weighted by Crippen LogP contribution is -2.25. The van der Waals surface area contributed by atoms with Crippen molar-refractivity contribution in [1.82, 2.24) is 0 Å². The minimum atomic E-state index is -0.649. The Labute approximate surface area is 125 Å². The van der Waals surface area contributed by atoms with E-state index in [9.17, 15) is 5.11 Å². The second kappa shape index (κ2) is 7.41. The normalized spacial score (nSPS) is 12.8. The third-order valence-electron chi connectivity index (χ3n) is 3.25. The molecule has 2 aromatic carbocycles. The van der Waals surface area contributed by atoms with Crippen LogP contribution in [0, 0.1) is 0 Å². The third-order valence-corrected chi connectivity index (χ3v) is 3.25. The van der Waals surface area contributed by atoms with E-state index in [1.165, 1.54) is 0 Å². The summed E-state index contributed by atoms with van der Waals surface area (Å²) in [7, 11) is 0. The molecule has 2 aromatic rings. The quantitative estimate of drug-likeness (QED) is 0.822.